The SMILES string of the molecule is O=C(O)c1cc(C2CC2)n(-c2ccc(F)cc2)n1. The van der Waals surface area contributed by atoms with Crippen LogP contribution >= 0.6 is 0 Å². The molecule has 1 aliphatic rings. The highest BCUT2D eigenvalue weighted by atomic mass is 19.1. The van der Waals surface area contributed by atoms with E-state index in [1.54, 1.807) is 22.9 Å². The Morgan fingerprint density at radius 1 is 1.33 bits per heavy atom. The number of benzene rings is 1. The van der Waals surface area contributed by atoms with Gasteiger partial charge >= 0.3 is 5.97 Å². The van der Waals surface area contributed by atoms with Gasteiger partial charge in [0, 0.05) is 11.6 Å². The number of carboxylic acids is 1. The van der Waals surface area contributed by atoms with Gasteiger partial charge in [-0.1, -0.05) is 0 Å². The Labute approximate surface area is 103 Å². The third-order valence-corrected chi connectivity index (χ3v) is 3.02. The van der Waals surface area contributed by atoms with Crippen LogP contribution in [0.15, 0.2) is 30.3 Å². The zero-order valence-electron chi connectivity index (χ0n) is 9.51. The predicted octanol–water partition coefficient (Wildman–Crippen LogP) is 2.59. The summed E-state index contributed by atoms with van der Waals surface area (Å²) in [5.74, 6) is -0.995. The van der Waals surface area contributed by atoms with E-state index in [-0.39, 0.29) is 11.5 Å². The second-order valence-corrected chi connectivity index (χ2v) is 4.42. The zero-order chi connectivity index (χ0) is 12.7. The van der Waals surface area contributed by atoms with Crippen molar-refractivity contribution in [1.29, 1.82) is 0 Å². The third kappa shape index (κ3) is 1.88. The van der Waals surface area contributed by atoms with Crippen molar-refractivity contribution in [1.82, 2.24) is 9.78 Å². The quantitative estimate of drug-likeness (QED) is 0.905. The molecule has 3 rings (SSSR count). The fraction of sp³-hybridized carbons (Fsp3) is 0.231. The van der Waals surface area contributed by atoms with Crippen LogP contribution in [0.1, 0.15) is 34.9 Å². The molecule has 1 heterocycles. The molecule has 92 valence electrons. The van der Waals surface area contributed by atoms with Crippen molar-refractivity contribution < 1.29 is 14.3 Å². The molecule has 0 atom stereocenters. The summed E-state index contributed by atoms with van der Waals surface area (Å²) < 4.78 is 14.5. The van der Waals surface area contributed by atoms with Crippen LogP contribution < -0.4 is 0 Å². The highest BCUT2D eigenvalue weighted by Crippen LogP contribution is 2.41. The van der Waals surface area contributed by atoms with Crippen LogP contribution in [0.3, 0.4) is 0 Å². The van der Waals surface area contributed by atoms with E-state index in [9.17, 15) is 9.18 Å². The lowest BCUT2D eigenvalue weighted by Crippen LogP contribution is -2.03. The molecule has 5 heteroatoms. The summed E-state index contributed by atoms with van der Waals surface area (Å²) in [6.07, 6.45) is 2.10. The van der Waals surface area contributed by atoms with Crippen molar-refractivity contribution in [3.63, 3.8) is 0 Å². The highest BCUT2D eigenvalue weighted by molar-refractivity contribution is 5.85. The molecule has 1 aromatic heterocycles. The van der Waals surface area contributed by atoms with Crippen molar-refractivity contribution in [2.24, 2.45) is 0 Å². The second kappa shape index (κ2) is 3.94. The zero-order valence-corrected chi connectivity index (χ0v) is 9.51. The lowest BCUT2D eigenvalue weighted by atomic mass is 10.2. The van der Waals surface area contributed by atoms with E-state index in [4.69, 9.17) is 5.11 Å². The smallest absolute Gasteiger partial charge is 0.356 e. The maximum Gasteiger partial charge on any atom is 0.356 e. The number of aromatic carboxylic acids is 1. The summed E-state index contributed by atoms with van der Waals surface area (Å²) in [7, 11) is 0. The lowest BCUT2D eigenvalue weighted by molar-refractivity contribution is 0.0690. The molecule has 0 amide bonds. The Kier molecular flexibility index (Phi) is 2.40. The van der Waals surface area contributed by atoms with Crippen LogP contribution in [0.4, 0.5) is 4.39 Å². The molecule has 0 saturated heterocycles. The van der Waals surface area contributed by atoms with Gasteiger partial charge in [0.05, 0.1) is 5.69 Å². The Morgan fingerprint density at radius 2 is 2.00 bits per heavy atom. The van der Waals surface area contributed by atoms with E-state index in [2.05, 4.69) is 5.10 Å². The summed E-state index contributed by atoms with van der Waals surface area (Å²) in [6.45, 7) is 0. The molecular weight excluding hydrogens is 235 g/mol. The standard InChI is InChI=1S/C13H11FN2O2/c14-9-3-5-10(6-4-9)16-12(8-1-2-8)7-11(15-16)13(17)18/h3-8H,1-2H2,(H,17,18). The first kappa shape index (κ1) is 11.0. The molecule has 1 aliphatic carbocycles. The summed E-state index contributed by atoms with van der Waals surface area (Å²) in [5.41, 5.74) is 1.60. The van der Waals surface area contributed by atoms with Crippen LogP contribution in [-0.2, 0) is 0 Å². The number of carbonyl (C=O) groups is 1. The van der Waals surface area contributed by atoms with Gasteiger partial charge in [-0.15, -0.1) is 0 Å². The van der Waals surface area contributed by atoms with Crippen LogP contribution in [0.5, 0.6) is 0 Å². The predicted molar refractivity (Wildman–Crippen MR) is 62.5 cm³/mol. The van der Waals surface area contributed by atoms with Crippen molar-refractivity contribution in [2.45, 2.75) is 18.8 Å². The number of carboxylic acid groups (broad SMARTS) is 1. The minimum Gasteiger partial charge on any atom is -0.476 e. The average molecular weight is 246 g/mol. The first-order chi connectivity index (χ1) is 8.65. The van der Waals surface area contributed by atoms with Crippen molar-refractivity contribution in [3.05, 3.63) is 47.5 Å². The van der Waals surface area contributed by atoms with Gasteiger partial charge in [-0.2, -0.15) is 5.10 Å². The molecule has 1 fully saturated rings. The molecule has 1 saturated carbocycles. The van der Waals surface area contributed by atoms with E-state index in [1.165, 1.54) is 12.1 Å². The Bertz CT molecular complexity index is 600. The molecule has 0 aliphatic heterocycles. The Hall–Kier alpha value is -2.17. The minimum absolute atomic E-state index is 0.0289. The molecule has 0 bridgehead atoms. The van der Waals surface area contributed by atoms with Crippen LogP contribution in [-0.4, -0.2) is 20.9 Å². The van der Waals surface area contributed by atoms with Crippen LogP contribution in [0.2, 0.25) is 0 Å². The maximum atomic E-state index is 12.9. The van der Waals surface area contributed by atoms with E-state index in [0.29, 0.717) is 11.6 Å². The first-order valence-corrected chi connectivity index (χ1v) is 5.74. The van der Waals surface area contributed by atoms with E-state index >= 15 is 0 Å². The van der Waals surface area contributed by atoms with Crippen LogP contribution in [0.25, 0.3) is 5.69 Å². The fourth-order valence-electron chi connectivity index (χ4n) is 1.96. The Morgan fingerprint density at radius 3 is 2.56 bits per heavy atom. The topological polar surface area (TPSA) is 55.1 Å². The average Bonchev–Trinajstić information content (AvgIpc) is 3.09. The number of aromatic nitrogens is 2. The summed E-state index contributed by atoms with van der Waals surface area (Å²) in [6, 6.07) is 7.48. The second-order valence-electron chi connectivity index (χ2n) is 4.42. The molecular formula is C13H11FN2O2. The number of hydrogen-bond donors (Lipinski definition) is 1. The van der Waals surface area contributed by atoms with Gasteiger partial charge in [0.25, 0.3) is 0 Å². The van der Waals surface area contributed by atoms with Gasteiger partial charge in [-0.05, 0) is 43.2 Å². The molecule has 2 aromatic rings. The molecule has 18 heavy (non-hydrogen) atoms. The van der Waals surface area contributed by atoms with Gasteiger partial charge in [-0.3, -0.25) is 0 Å². The summed E-state index contributed by atoms with van der Waals surface area (Å²) >= 11 is 0. The van der Waals surface area contributed by atoms with E-state index < -0.39 is 5.97 Å². The monoisotopic (exact) mass is 246 g/mol. The fourth-order valence-corrected chi connectivity index (χ4v) is 1.96. The van der Waals surface area contributed by atoms with Gasteiger partial charge in [0.15, 0.2) is 5.69 Å². The number of halogens is 1. The molecule has 0 radical (unpaired) electrons. The van der Waals surface area contributed by atoms with E-state index in [1.807, 2.05) is 0 Å². The molecule has 0 unspecified atom stereocenters. The van der Waals surface area contributed by atoms with Gasteiger partial charge in [-0.25, -0.2) is 13.9 Å². The molecule has 4 nitrogen and oxygen atoms in total. The Balaban J connectivity index is 2.09. The molecule has 0 spiro atoms. The number of rotatable bonds is 3. The van der Waals surface area contributed by atoms with Gasteiger partial charge in [0.2, 0.25) is 0 Å². The number of nitrogens with zero attached hydrogens (tertiary/aromatic N) is 2. The normalized spacial score (nSPS) is 14.7. The first-order valence-electron chi connectivity index (χ1n) is 5.74. The molecule has 1 aromatic carbocycles. The van der Waals surface area contributed by atoms with Gasteiger partial charge < -0.3 is 5.11 Å². The minimum atomic E-state index is -1.04. The molecule has 1 N–H and O–H groups in total. The number of hydrogen-bond acceptors (Lipinski definition) is 2. The van der Waals surface area contributed by atoms with E-state index in [0.717, 1.165) is 18.5 Å². The third-order valence-electron chi connectivity index (χ3n) is 3.02. The largest absolute Gasteiger partial charge is 0.476 e. The summed E-state index contributed by atoms with van der Waals surface area (Å²) in [4.78, 5) is 11.0. The van der Waals surface area contributed by atoms with Crippen LogP contribution in [0, 0.1) is 5.82 Å². The van der Waals surface area contributed by atoms with Crippen molar-refractivity contribution in [3.8, 4) is 5.69 Å². The van der Waals surface area contributed by atoms with Crippen molar-refractivity contribution >= 4 is 5.97 Å². The highest BCUT2D eigenvalue weighted by Gasteiger charge is 2.29. The van der Waals surface area contributed by atoms with Crippen molar-refractivity contribution in [2.75, 3.05) is 0 Å². The van der Waals surface area contributed by atoms with Gasteiger partial charge in [0.1, 0.15) is 5.82 Å². The lowest BCUT2D eigenvalue weighted by Gasteiger charge is -2.05. The summed E-state index contributed by atoms with van der Waals surface area (Å²) in [5, 5.41) is 13.0. The maximum absolute atomic E-state index is 12.9.